The van der Waals surface area contributed by atoms with Gasteiger partial charge < -0.3 is 20.3 Å². The van der Waals surface area contributed by atoms with Crippen LogP contribution in [0.15, 0.2) is 48.6 Å². The van der Waals surface area contributed by atoms with E-state index in [0.29, 0.717) is 19.3 Å². The number of carbonyl (C=O) groups is 2. The van der Waals surface area contributed by atoms with Crippen molar-refractivity contribution in [3.05, 3.63) is 48.6 Å². The molecule has 0 aliphatic carbocycles. The lowest BCUT2D eigenvalue weighted by molar-refractivity contribution is -0.151. The van der Waals surface area contributed by atoms with Crippen molar-refractivity contribution in [2.45, 2.75) is 302 Å². The molecule has 0 saturated heterocycles. The number of esters is 1. The normalized spacial score (nSPS) is 13.5. The Labute approximate surface area is 397 Å². The molecular weight excluding hydrogens is 791 g/mol. The molecule has 3 unspecified atom stereocenters. The van der Waals surface area contributed by atoms with Crippen molar-refractivity contribution in [2.24, 2.45) is 0 Å². The zero-order valence-corrected chi connectivity index (χ0v) is 42.7. The minimum absolute atomic E-state index is 0.0677. The maximum absolute atomic E-state index is 13.2. The molecule has 0 saturated carbocycles. The number of aliphatic hydroxyl groups excluding tert-OH is 2. The van der Waals surface area contributed by atoms with Crippen LogP contribution in [0, 0.1) is 0 Å². The lowest BCUT2D eigenvalue weighted by Crippen LogP contribution is -2.46. The smallest absolute Gasteiger partial charge is 0.306 e. The highest BCUT2D eigenvalue weighted by atomic mass is 16.5. The van der Waals surface area contributed by atoms with E-state index in [0.717, 1.165) is 89.9 Å². The van der Waals surface area contributed by atoms with E-state index < -0.39 is 18.2 Å². The van der Waals surface area contributed by atoms with Crippen molar-refractivity contribution in [3.8, 4) is 0 Å². The van der Waals surface area contributed by atoms with Crippen LogP contribution >= 0.6 is 0 Å². The molecule has 64 heavy (non-hydrogen) atoms. The van der Waals surface area contributed by atoms with Gasteiger partial charge in [0.05, 0.1) is 25.2 Å². The number of amides is 1. The van der Waals surface area contributed by atoms with E-state index in [4.69, 9.17) is 4.74 Å². The number of rotatable bonds is 50. The summed E-state index contributed by atoms with van der Waals surface area (Å²) in [5.41, 5.74) is 0. The van der Waals surface area contributed by atoms with E-state index in [-0.39, 0.29) is 24.9 Å². The summed E-state index contributed by atoms with van der Waals surface area (Å²) in [5.74, 6) is -0.488. The van der Waals surface area contributed by atoms with Crippen LogP contribution in [0.5, 0.6) is 0 Å². The maximum atomic E-state index is 13.2. The summed E-state index contributed by atoms with van der Waals surface area (Å²) in [5, 5.41) is 23.8. The van der Waals surface area contributed by atoms with E-state index in [1.165, 1.54) is 148 Å². The van der Waals surface area contributed by atoms with Gasteiger partial charge in [-0.15, -0.1) is 0 Å². The van der Waals surface area contributed by atoms with Crippen LogP contribution in [0.2, 0.25) is 0 Å². The van der Waals surface area contributed by atoms with E-state index >= 15 is 0 Å². The molecule has 3 atom stereocenters. The first-order valence-electron chi connectivity index (χ1n) is 27.9. The SMILES string of the molecule is CC/C=C/C/C=C/C/C=C/CCCCCCCCC(=O)OC(CCCCCCC/C=C/CCCCCCCC)CC(=O)NC(CO)C(O)CCCCCCCCCCCCCCCC. The Balaban J connectivity index is 4.59. The average Bonchev–Trinajstić information content (AvgIpc) is 3.29. The molecule has 0 aromatic carbocycles. The van der Waals surface area contributed by atoms with Crippen molar-refractivity contribution in [1.29, 1.82) is 0 Å². The molecule has 0 radical (unpaired) electrons. The van der Waals surface area contributed by atoms with Gasteiger partial charge in [-0.25, -0.2) is 0 Å². The molecule has 0 aliphatic rings. The fourth-order valence-corrected chi connectivity index (χ4v) is 8.44. The van der Waals surface area contributed by atoms with E-state index in [2.05, 4.69) is 74.7 Å². The molecule has 6 heteroatoms. The first-order valence-corrected chi connectivity index (χ1v) is 27.9. The van der Waals surface area contributed by atoms with Gasteiger partial charge in [0.2, 0.25) is 5.91 Å². The van der Waals surface area contributed by atoms with Gasteiger partial charge in [-0.1, -0.05) is 236 Å². The molecule has 1 amide bonds. The molecule has 0 heterocycles. The Kier molecular flexibility index (Phi) is 50.0. The zero-order valence-electron chi connectivity index (χ0n) is 42.7. The molecule has 0 aromatic heterocycles. The summed E-state index contributed by atoms with van der Waals surface area (Å²) in [7, 11) is 0. The van der Waals surface area contributed by atoms with Crippen LogP contribution < -0.4 is 5.32 Å². The summed E-state index contributed by atoms with van der Waals surface area (Å²) in [6.07, 6.45) is 63.1. The van der Waals surface area contributed by atoms with Crippen LogP contribution in [0.3, 0.4) is 0 Å². The Morgan fingerprint density at radius 1 is 0.469 bits per heavy atom. The lowest BCUT2D eigenvalue weighted by Gasteiger charge is -2.24. The summed E-state index contributed by atoms with van der Waals surface area (Å²) in [6, 6.07) is -0.707. The van der Waals surface area contributed by atoms with Crippen molar-refractivity contribution in [2.75, 3.05) is 6.61 Å². The van der Waals surface area contributed by atoms with E-state index in [9.17, 15) is 19.8 Å². The average molecular weight is 898 g/mol. The summed E-state index contributed by atoms with van der Waals surface area (Å²) in [4.78, 5) is 26.2. The first-order chi connectivity index (χ1) is 31.5. The minimum atomic E-state index is -0.792. The third-order valence-electron chi connectivity index (χ3n) is 12.6. The van der Waals surface area contributed by atoms with Crippen molar-refractivity contribution in [3.63, 3.8) is 0 Å². The van der Waals surface area contributed by atoms with Gasteiger partial charge in [-0.3, -0.25) is 9.59 Å². The summed E-state index contributed by atoms with van der Waals surface area (Å²) >= 11 is 0. The standard InChI is InChI=1S/C58H107NO5/c1-4-7-10-13-16-19-22-25-28-30-33-36-39-42-45-48-51-58(63)64-54(49-46-43-40-37-34-31-29-26-23-20-17-14-11-8-5-2)52-57(62)59-55(53-60)56(61)50-47-44-41-38-35-32-27-24-21-18-15-12-9-6-3/h7,10,16,19,25-26,28-29,54-56,60-61H,4-6,8-9,11-15,17-18,20-24,27,30-53H2,1-3H3,(H,59,62)/b10-7+,19-16+,28-25+,29-26+. The van der Waals surface area contributed by atoms with Crippen molar-refractivity contribution < 1.29 is 24.5 Å². The van der Waals surface area contributed by atoms with Crippen LogP contribution in [0.25, 0.3) is 0 Å². The number of nitrogens with one attached hydrogen (secondary N) is 1. The number of hydrogen-bond donors (Lipinski definition) is 3. The van der Waals surface area contributed by atoms with E-state index in [1.807, 2.05) is 0 Å². The van der Waals surface area contributed by atoms with Crippen molar-refractivity contribution in [1.82, 2.24) is 5.32 Å². The third-order valence-corrected chi connectivity index (χ3v) is 12.6. The topological polar surface area (TPSA) is 95.9 Å². The fraction of sp³-hybridized carbons (Fsp3) is 0.828. The molecule has 6 nitrogen and oxygen atoms in total. The van der Waals surface area contributed by atoms with Crippen LogP contribution in [-0.4, -0.2) is 46.9 Å². The molecule has 374 valence electrons. The summed E-state index contributed by atoms with van der Waals surface area (Å²) in [6.45, 7) is 6.39. The molecule has 0 spiro atoms. The number of allylic oxidation sites excluding steroid dienone is 8. The van der Waals surface area contributed by atoms with Gasteiger partial charge in [0.15, 0.2) is 0 Å². The predicted molar refractivity (Wildman–Crippen MR) is 278 cm³/mol. The second-order valence-corrected chi connectivity index (χ2v) is 19.0. The molecule has 3 N–H and O–H groups in total. The number of ether oxygens (including phenoxy) is 1. The van der Waals surface area contributed by atoms with Crippen LogP contribution in [0.1, 0.15) is 284 Å². The van der Waals surface area contributed by atoms with Gasteiger partial charge in [0.1, 0.15) is 6.10 Å². The Bertz CT molecular complexity index is 1100. The number of carbonyl (C=O) groups excluding carboxylic acids is 2. The Hall–Kier alpha value is -2.18. The van der Waals surface area contributed by atoms with Crippen LogP contribution in [0.4, 0.5) is 0 Å². The number of hydrogen-bond acceptors (Lipinski definition) is 5. The predicted octanol–water partition coefficient (Wildman–Crippen LogP) is 17.0. The minimum Gasteiger partial charge on any atom is -0.462 e. The third kappa shape index (κ3) is 46.4. The van der Waals surface area contributed by atoms with Gasteiger partial charge in [0, 0.05) is 6.42 Å². The second kappa shape index (κ2) is 51.8. The monoisotopic (exact) mass is 898 g/mol. The zero-order chi connectivity index (χ0) is 46.7. The second-order valence-electron chi connectivity index (χ2n) is 19.0. The first kappa shape index (κ1) is 61.8. The lowest BCUT2D eigenvalue weighted by atomic mass is 10.0. The largest absolute Gasteiger partial charge is 0.462 e. The fourth-order valence-electron chi connectivity index (χ4n) is 8.44. The molecule has 0 aliphatic heterocycles. The van der Waals surface area contributed by atoms with Gasteiger partial charge in [0.25, 0.3) is 0 Å². The number of unbranched alkanes of at least 4 members (excludes halogenated alkanes) is 30. The Morgan fingerprint density at radius 3 is 1.30 bits per heavy atom. The maximum Gasteiger partial charge on any atom is 0.306 e. The van der Waals surface area contributed by atoms with Crippen LogP contribution in [-0.2, 0) is 14.3 Å². The summed E-state index contributed by atoms with van der Waals surface area (Å²) < 4.78 is 5.95. The molecule has 0 fully saturated rings. The number of aliphatic hydroxyl groups is 2. The molecule has 0 bridgehead atoms. The molecule has 0 rings (SSSR count). The highest BCUT2D eigenvalue weighted by Gasteiger charge is 2.24. The molecule has 0 aromatic rings. The van der Waals surface area contributed by atoms with Gasteiger partial charge in [-0.2, -0.15) is 0 Å². The van der Waals surface area contributed by atoms with E-state index in [1.54, 1.807) is 0 Å². The van der Waals surface area contributed by atoms with Gasteiger partial charge >= 0.3 is 5.97 Å². The van der Waals surface area contributed by atoms with Gasteiger partial charge in [-0.05, 0) is 83.5 Å². The quantitative estimate of drug-likeness (QED) is 0.0321. The molecular formula is C58H107NO5. The van der Waals surface area contributed by atoms with Crippen molar-refractivity contribution >= 4 is 11.9 Å². The Morgan fingerprint density at radius 2 is 0.844 bits per heavy atom. The highest BCUT2D eigenvalue weighted by Crippen LogP contribution is 2.18. The highest BCUT2D eigenvalue weighted by molar-refractivity contribution is 5.77.